The van der Waals surface area contributed by atoms with Crippen molar-refractivity contribution in [3.05, 3.63) is 0 Å². The Hall–Kier alpha value is -0.0800. The van der Waals surface area contributed by atoms with Crippen LogP contribution < -0.4 is 5.32 Å². The molecule has 2 rings (SSSR count). The zero-order chi connectivity index (χ0) is 13.2. The Bertz CT molecular complexity index is 256. The molecule has 0 bridgehead atoms. The molecule has 2 aliphatic heterocycles. The fraction of sp³-hybridized carbons (Fsp3) is 1.00. The lowest BCUT2D eigenvalue weighted by atomic mass is 9.77. The topological polar surface area (TPSA) is 15.3 Å². The van der Waals surface area contributed by atoms with E-state index in [2.05, 4.69) is 37.9 Å². The number of nitrogens with zero attached hydrogens (tertiary/aromatic N) is 1. The van der Waals surface area contributed by atoms with Crippen LogP contribution in [0.5, 0.6) is 0 Å². The average molecular weight is 252 g/mol. The van der Waals surface area contributed by atoms with E-state index in [1.807, 2.05) is 0 Å². The molecule has 0 spiro atoms. The van der Waals surface area contributed by atoms with Crippen molar-refractivity contribution in [2.24, 2.45) is 17.3 Å². The van der Waals surface area contributed by atoms with Gasteiger partial charge < -0.3 is 10.2 Å². The first-order chi connectivity index (χ1) is 8.48. The SMILES string of the molecule is CC1CNCCC1N1CCCC(C(C)(C)C)CC1. The minimum atomic E-state index is 0.496. The van der Waals surface area contributed by atoms with Crippen LogP contribution in [-0.4, -0.2) is 37.1 Å². The smallest absolute Gasteiger partial charge is 0.0145 e. The highest BCUT2D eigenvalue weighted by Gasteiger charge is 2.31. The van der Waals surface area contributed by atoms with Crippen molar-refractivity contribution in [2.75, 3.05) is 26.2 Å². The fourth-order valence-corrected chi connectivity index (χ4v) is 3.86. The van der Waals surface area contributed by atoms with Crippen LogP contribution in [0.3, 0.4) is 0 Å². The van der Waals surface area contributed by atoms with Gasteiger partial charge in [-0.3, -0.25) is 0 Å². The molecule has 3 atom stereocenters. The van der Waals surface area contributed by atoms with Crippen LogP contribution in [0, 0.1) is 17.3 Å². The largest absolute Gasteiger partial charge is 0.316 e. The summed E-state index contributed by atoms with van der Waals surface area (Å²) >= 11 is 0. The molecule has 2 heterocycles. The van der Waals surface area contributed by atoms with Crippen molar-refractivity contribution in [3.8, 4) is 0 Å². The number of hydrogen-bond donors (Lipinski definition) is 1. The summed E-state index contributed by atoms with van der Waals surface area (Å²) in [5.41, 5.74) is 0.496. The first-order valence-corrected chi connectivity index (χ1v) is 7.93. The molecule has 0 saturated carbocycles. The third-order valence-electron chi connectivity index (χ3n) is 5.20. The van der Waals surface area contributed by atoms with Crippen molar-refractivity contribution in [1.29, 1.82) is 0 Å². The van der Waals surface area contributed by atoms with E-state index in [4.69, 9.17) is 0 Å². The standard InChI is InChI=1S/C16H32N2/c1-13-12-17-9-7-15(13)18-10-5-6-14(8-11-18)16(2,3)4/h13-15,17H,5-12H2,1-4H3. The summed E-state index contributed by atoms with van der Waals surface area (Å²) in [6.07, 6.45) is 5.58. The van der Waals surface area contributed by atoms with Crippen molar-refractivity contribution in [3.63, 3.8) is 0 Å². The fourth-order valence-electron chi connectivity index (χ4n) is 3.86. The molecule has 1 N–H and O–H groups in total. The first-order valence-electron chi connectivity index (χ1n) is 7.93. The molecule has 0 aliphatic carbocycles. The molecule has 0 aromatic heterocycles. The summed E-state index contributed by atoms with van der Waals surface area (Å²) in [5, 5.41) is 3.53. The second-order valence-corrected chi connectivity index (χ2v) is 7.57. The zero-order valence-corrected chi connectivity index (χ0v) is 12.8. The summed E-state index contributed by atoms with van der Waals surface area (Å²) in [6.45, 7) is 14.8. The molecule has 2 fully saturated rings. The molecule has 3 unspecified atom stereocenters. The summed E-state index contributed by atoms with van der Waals surface area (Å²) in [6, 6.07) is 0.838. The summed E-state index contributed by atoms with van der Waals surface area (Å²) in [5.74, 6) is 1.74. The minimum absolute atomic E-state index is 0.496. The van der Waals surface area contributed by atoms with Gasteiger partial charge in [0.05, 0.1) is 0 Å². The number of hydrogen-bond acceptors (Lipinski definition) is 2. The Morgan fingerprint density at radius 3 is 2.50 bits per heavy atom. The number of piperidine rings is 1. The second-order valence-electron chi connectivity index (χ2n) is 7.57. The van der Waals surface area contributed by atoms with E-state index in [0.29, 0.717) is 5.41 Å². The number of nitrogens with one attached hydrogen (secondary N) is 1. The molecule has 2 saturated heterocycles. The molecule has 18 heavy (non-hydrogen) atoms. The predicted molar refractivity (Wildman–Crippen MR) is 78.8 cm³/mol. The van der Waals surface area contributed by atoms with Crippen LogP contribution in [0.2, 0.25) is 0 Å². The van der Waals surface area contributed by atoms with Gasteiger partial charge in [0.1, 0.15) is 0 Å². The van der Waals surface area contributed by atoms with Crippen molar-refractivity contribution in [1.82, 2.24) is 10.2 Å². The third kappa shape index (κ3) is 3.48. The van der Waals surface area contributed by atoms with Crippen molar-refractivity contribution in [2.45, 2.75) is 59.4 Å². The molecule has 2 aliphatic rings. The molecular formula is C16H32N2. The second kappa shape index (κ2) is 5.92. The summed E-state index contributed by atoms with van der Waals surface area (Å²) in [7, 11) is 0. The van der Waals surface area contributed by atoms with E-state index in [1.54, 1.807) is 0 Å². The molecule has 0 aromatic rings. The Labute approximate surface area is 114 Å². The van der Waals surface area contributed by atoms with Crippen molar-refractivity contribution >= 4 is 0 Å². The van der Waals surface area contributed by atoms with E-state index in [1.165, 1.54) is 51.9 Å². The Morgan fingerprint density at radius 2 is 1.83 bits per heavy atom. The van der Waals surface area contributed by atoms with Crippen molar-refractivity contribution < 1.29 is 0 Å². The molecule has 0 radical (unpaired) electrons. The average Bonchev–Trinajstić information content (AvgIpc) is 2.54. The van der Waals surface area contributed by atoms with E-state index in [-0.39, 0.29) is 0 Å². The van der Waals surface area contributed by atoms with Gasteiger partial charge in [-0.15, -0.1) is 0 Å². The molecular weight excluding hydrogens is 220 g/mol. The van der Waals surface area contributed by atoms with Crippen LogP contribution in [0.25, 0.3) is 0 Å². The van der Waals surface area contributed by atoms with E-state index in [9.17, 15) is 0 Å². The predicted octanol–water partition coefficient (Wildman–Crippen LogP) is 3.13. The maximum atomic E-state index is 3.53. The molecule has 2 heteroatoms. The quantitative estimate of drug-likeness (QED) is 0.771. The third-order valence-corrected chi connectivity index (χ3v) is 5.20. The van der Waals surface area contributed by atoms with Crippen LogP contribution in [0.15, 0.2) is 0 Å². The lowest BCUT2D eigenvalue weighted by molar-refractivity contribution is 0.118. The summed E-state index contributed by atoms with van der Waals surface area (Å²) < 4.78 is 0. The minimum Gasteiger partial charge on any atom is -0.316 e. The van der Waals surface area contributed by atoms with E-state index < -0.39 is 0 Å². The maximum Gasteiger partial charge on any atom is 0.0145 e. The van der Waals surface area contributed by atoms with Crippen LogP contribution in [-0.2, 0) is 0 Å². The monoisotopic (exact) mass is 252 g/mol. The van der Waals surface area contributed by atoms with Crippen LogP contribution >= 0.6 is 0 Å². The highest BCUT2D eigenvalue weighted by molar-refractivity contribution is 4.86. The summed E-state index contributed by atoms with van der Waals surface area (Å²) in [4.78, 5) is 2.80. The Morgan fingerprint density at radius 1 is 1.06 bits per heavy atom. The van der Waals surface area contributed by atoms with Gasteiger partial charge in [0, 0.05) is 6.04 Å². The van der Waals surface area contributed by atoms with E-state index in [0.717, 1.165) is 17.9 Å². The lowest BCUT2D eigenvalue weighted by Crippen LogP contribution is -2.49. The van der Waals surface area contributed by atoms with E-state index >= 15 is 0 Å². The zero-order valence-electron chi connectivity index (χ0n) is 12.8. The number of likely N-dealkylation sites (tertiary alicyclic amines) is 1. The van der Waals surface area contributed by atoms with Gasteiger partial charge in [-0.1, -0.05) is 27.7 Å². The van der Waals surface area contributed by atoms with Crippen LogP contribution in [0.1, 0.15) is 53.4 Å². The molecule has 0 amide bonds. The molecule has 106 valence electrons. The molecule has 2 nitrogen and oxygen atoms in total. The van der Waals surface area contributed by atoms with Gasteiger partial charge in [0.25, 0.3) is 0 Å². The van der Waals surface area contributed by atoms with Gasteiger partial charge in [0.15, 0.2) is 0 Å². The Kier molecular flexibility index (Phi) is 4.71. The normalized spacial score (nSPS) is 36.3. The van der Waals surface area contributed by atoms with Gasteiger partial charge in [-0.2, -0.15) is 0 Å². The Balaban J connectivity index is 1.92. The van der Waals surface area contributed by atoms with Gasteiger partial charge in [-0.05, 0) is 69.1 Å². The first kappa shape index (κ1) is 14.3. The number of rotatable bonds is 1. The highest BCUT2D eigenvalue weighted by Crippen LogP contribution is 2.35. The lowest BCUT2D eigenvalue weighted by Gasteiger charge is -2.38. The van der Waals surface area contributed by atoms with Gasteiger partial charge in [0.2, 0.25) is 0 Å². The highest BCUT2D eigenvalue weighted by atomic mass is 15.2. The van der Waals surface area contributed by atoms with Gasteiger partial charge >= 0.3 is 0 Å². The van der Waals surface area contributed by atoms with Gasteiger partial charge in [-0.25, -0.2) is 0 Å². The van der Waals surface area contributed by atoms with Crippen LogP contribution in [0.4, 0.5) is 0 Å². The maximum absolute atomic E-state index is 3.53. The molecule has 0 aromatic carbocycles.